The molecule has 94 valence electrons. The van der Waals surface area contributed by atoms with Gasteiger partial charge in [-0.05, 0) is 32.4 Å². The molecule has 0 radical (unpaired) electrons. The zero-order chi connectivity index (χ0) is 13.1. The van der Waals surface area contributed by atoms with Gasteiger partial charge in [0.2, 0.25) is 5.91 Å². The van der Waals surface area contributed by atoms with Gasteiger partial charge in [0, 0.05) is 24.2 Å². The molecule has 17 heavy (non-hydrogen) atoms. The monoisotopic (exact) mass is 234 g/mol. The Bertz CT molecular complexity index is 373. The van der Waals surface area contributed by atoms with Gasteiger partial charge in [0.1, 0.15) is 0 Å². The van der Waals surface area contributed by atoms with Crippen molar-refractivity contribution in [2.75, 3.05) is 12.8 Å². The summed E-state index contributed by atoms with van der Waals surface area (Å²) in [6, 6.07) is 9.49. The van der Waals surface area contributed by atoms with Gasteiger partial charge in [-0.25, -0.2) is 0 Å². The van der Waals surface area contributed by atoms with Crippen LogP contribution in [0.25, 0.3) is 0 Å². The van der Waals surface area contributed by atoms with Gasteiger partial charge in [0.25, 0.3) is 0 Å². The maximum Gasteiger partial charge on any atom is 0.225 e. The summed E-state index contributed by atoms with van der Waals surface area (Å²) in [6.07, 6.45) is 0.988. The minimum absolute atomic E-state index is 0.0799. The number of benzene rings is 1. The highest BCUT2D eigenvalue weighted by Crippen LogP contribution is 2.31. The number of nitrogens with zero attached hydrogens (tertiary/aromatic N) is 1. The van der Waals surface area contributed by atoms with Crippen LogP contribution in [0.4, 0.5) is 5.69 Å². The lowest BCUT2D eigenvalue weighted by Crippen LogP contribution is -2.37. The lowest BCUT2D eigenvalue weighted by Gasteiger charge is -2.27. The van der Waals surface area contributed by atoms with Crippen molar-refractivity contribution in [2.45, 2.75) is 32.7 Å². The van der Waals surface area contributed by atoms with Crippen LogP contribution in [0.1, 0.15) is 27.2 Å². The maximum atomic E-state index is 11.2. The second kappa shape index (κ2) is 5.21. The van der Waals surface area contributed by atoms with Crippen LogP contribution in [0.3, 0.4) is 0 Å². The number of likely N-dealkylation sites (tertiary alicyclic amines) is 1. The van der Waals surface area contributed by atoms with Gasteiger partial charge < -0.3 is 10.6 Å². The Morgan fingerprint density at radius 2 is 1.82 bits per heavy atom. The third-order valence-electron chi connectivity index (χ3n) is 3.27. The zero-order valence-electron chi connectivity index (χ0n) is 11.1. The smallest absolute Gasteiger partial charge is 0.225 e. The van der Waals surface area contributed by atoms with Crippen molar-refractivity contribution in [1.82, 2.24) is 4.90 Å². The number of rotatable bonds is 0. The standard InChI is InChI=1S/C8H15NO.C6H7N/c1-6-5-8(2,3)9(4)7(6)10;7-6-4-2-1-3-5-6/h6H,5H2,1-4H3;1-5H,7H2. The van der Waals surface area contributed by atoms with E-state index in [1.54, 1.807) is 0 Å². The van der Waals surface area contributed by atoms with Crippen molar-refractivity contribution in [1.29, 1.82) is 0 Å². The SMILES string of the molecule is CC1CC(C)(C)N(C)C1=O.Nc1ccccc1. The molecule has 2 N–H and O–H groups in total. The first kappa shape index (κ1) is 13.6. The molecule has 1 unspecified atom stereocenters. The fourth-order valence-corrected chi connectivity index (χ4v) is 2.06. The van der Waals surface area contributed by atoms with E-state index in [0.717, 1.165) is 12.1 Å². The molecule has 3 nitrogen and oxygen atoms in total. The van der Waals surface area contributed by atoms with Gasteiger partial charge in [-0.1, -0.05) is 25.1 Å². The van der Waals surface area contributed by atoms with E-state index in [1.165, 1.54) is 0 Å². The number of nitrogen functional groups attached to an aromatic ring is 1. The number of hydrogen-bond donors (Lipinski definition) is 1. The predicted molar refractivity (Wildman–Crippen MR) is 71.5 cm³/mol. The molecule has 1 aliphatic heterocycles. The minimum atomic E-state index is 0.0799. The fourth-order valence-electron chi connectivity index (χ4n) is 2.06. The molecule has 0 aliphatic carbocycles. The number of amides is 1. The van der Waals surface area contributed by atoms with Crippen molar-refractivity contribution < 1.29 is 4.79 Å². The average molecular weight is 234 g/mol. The Hall–Kier alpha value is -1.51. The minimum Gasteiger partial charge on any atom is -0.399 e. The summed E-state index contributed by atoms with van der Waals surface area (Å²) in [6.45, 7) is 6.20. The second-order valence-electron chi connectivity index (χ2n) is 5.23. The number of para-hydroxylation sites is 1. The third kappa shape index (κ3) is 3.48. The van der Waals surface area contributed by atoms with Gasteiger partial charge in [-0.15, -0.1) is 0 Å². The summed E-state index contributed by atoms with van der Waals surface area (Å²) in [4.78, 5) is 13.1. The Balaban J connectivity index is 0.000000181. The summed E-state index contributed by atoms with van der Waals surface area (Å²) >= 11 is 0. The molecule has 0 aromatic heterocycles. The Labute approximate surface area is 104 Å². The number of carbonyl (C=O) groups excluding carboxylic acids is 1. The lowest BCUT2D eigenvalue weighted by molar-refractivity contribution is -0.131. The van der Waals surface area contributed by atoms with Gasteiger partial charge in [-0.2, -0.15) is 0 Å². The molecule has 1 amide bonds. The van der Waals surface area contributed by atoms with Crippen LogP contribution in [0.5, 0.6) is 0 Å². The van der Waals surface area contributed by atoms with Gasteiger partial charge in [0.05, 0.1) is 0 Å². The summed E-state index contributed by atoms with van der Waals surface area (Å²) in [5, 5.41) is 0. The Kier molecular flexibility index (Phi) is 4.16. The molecule has 1 heterocycles. The van der Waals surface area contributed by atoms with E-state index in [1.807, 2.05) is 49.2 Å². The third-order valence-corrected chi connectivity index (χ3v) is 3.27. The van der Waals surface area contributed by atoms with E-state index in [9.17, 15) is 4.79 Å². The lowest BCUT2D eigenvalue weighted by atomic mass is 9.98. The number of anilines is 1. The number of hydrogen-bond acceptors (Lipinski definition) is 2. The summed E-state index contributed by atoms with van der Waals surface area (Å²) < 4.78 is 0. The van der Waals surface area contributed by atoms with Crippen molar-refractivity contribution in [3.63, 3.8) is 0 Å². The van der Waals surface area contributed by atoms with Gasteiger partial charge in [-0.3, -0.25) is 4.79 Å². The highest BCUT2D eigenvalue weighted by molar-refractivity contribution is 5.81. The number of carbonyl (C=O) groups is 1. The first-order valence-corrected chi connectivity index (χ1v) is 5.93. The molecule has 2 rings (SSSR count). The van der Waals surface area contributed by atoms with Crippen LogP contribution >= 0.6 is 0 Å². The molecule has 0 bridgehead atoms. The molecule has 1 saturated heterocycles. The molecular weight excluding hydrogens is 212 g/mol. The first-order chi connectivity index (χ1) is 7.84. The second-order valence-corrected chi connectivity index (χ2v) is 5.23. The molecule has 0 saturated carbocycles. The number of nitrogens with two attached hydrogens (primary N) is 1. The molecule has 1 fully saturated rings. The van der Waals surface area contributed by atoms with Crippen molar-refractivity contribution in [2.24, 2.45) is 5.92 Å². The van der Waals surface area contributed by atoms with E-state index in [4.69, 9.17) is 5.73 Å². The molecule has 1 aliphatic rings. The van der Waals surface area contributed by atoms with Crippen LogP contribution in [-0.4, -0.2) is 23.4 Å². The van der Waals surface area contributed by atoms with E-state index >= 15 is 0 Å². The Morgan fingerprint density at radius 3 is 2.00 bits per heavy atom. The Morgan fingerprint density at radius 1 is 1.29 bits per heavy atom. The van der Waals surface area contributed by atoms with Crippen LogP contribution in [0.15, 0.2) is 30.3 Å². The van der Waals surface area contributed by atoms with E-state index in [-0.39, 0.29) is 17.4 Å². The average Bonchev–Trinajstić information content (AvgIpc) is 2.44. The first-order valence-electron chi connectivity index (χ1n) is 5.93. The molecule has 1 atom stereocenters. The van der Waals surface area contributed by atoms with E-state index in [0.29, 0.717) is 0 Å². The van der Waals surface area contributed by atoms with Crippen LogP contribution in [-0.2, 0) is 4.79 Å². The zero-order valence-corrected chi connectivity index (χ0v) is 11.1. The molecule has 1 aromatic rings. The van der Waals surface area contributed by atoms with E-state index in [2.05, 4.69) is 13.8 Å². The van der Waals surface area contributed by atoms with Crippen molar-refractivity contribution in [3.05, 3.63) is 30.3 Å². The van der Waals surface area contributed by atoms with Gasteiger partial charge >= 0.3 is 0 Å². The molecule has 0 spiro atoms. The topological polar surface area (TPSA) is 46.3 Å². The summed E-state index contributed by atoms with van der Waals surface area (Å²) in [5.74, 6) is 0.505. The summed E-state index contributed by atoms with van der Waals surface area (Å²) in [5.41, 5.74) is 6.26. The normalized spacial score (nSPS) is 22.0. The van der Waals surface area contributed by atoms with E-state index < -0.39 is 0 Å². The van der Waals surface area contributed by atoms with Crippen LogP contribution in [0, 0.1) is 5.92 Å². The predicted octanol–water partition coefficient (Wildman–Crippen LogP) is 2.53. The van der Waals surface area contributed by atoms with Crippen molar-refractivity contribution >= 4 is 11.6 Å². The maximum absolute atomic E-state index is 11.2. The highest BCUT2D eigenvalue weighted by atomic mass is 16.2. The van der Waals surface area contributed by atoms with Gasteiger partial charge in [0.15, 0.2) is 0 Å². The summed E-state index contributed by atoms with van der Waals surface area (Å²) in [7, 11) is 1.88. The van der Waals surface area contributed by atoms with Crippen LogP contribution < -0.4 is 5.73 Å². The molecular formula is C14H22N2O. The molecule has 1 aromatic carbocycles. The largest absolute Gasteiger partial charge is 0.399 e. The highest BCUT2D eigenvalue weighted by Gasteiger charge is 2.39. The van der Waals surface area contributed by atoms with Crippen LogP contribution in [0.2, 0.25) is 0 Å². The van der Waals surface area contributed by atoms with Crippen molar-refractivity contribution in [3.8, 4) is 0 Å². The quantitative estimate of drug-likeness (QED) is 0.701. The molecule has 3 heteroatoms. The fraction of sp³-hybridized carbons (Fsp3) is 0.500.